The van der Waals surface area contributed by atoms with Gasteiger partial charge in [0, 0.05) is 24.9 Å². The van der Waals surface area contributed by atoms with E-state index < -0.39 is 10.0 Å². The number of benzene rings is 1. The van der Waals surface area contributed by atoms with Crippen molar-refractivity contribution in [2.24, 2.45) is 0 Å². The van der Waals surface area contributed by atoms with E-state index in [0.717, 1.165) is 11.3 Å². The lowest BCUT2D eigenvalue weighted by Gasteiger charge is -2.07. The van der Waals surface area contributed by atoms with E-state index in [4.69, 9.17) is 5.11 Å². The third kappa shape index (κ3) is 5.26. The first-order chi connectivity index (χ1) is 10.1. The van der Waals surface area contributed by atoms with Crippen molar-refractivity contribution in [3.05, 3.63) is 65.5 Å². The number of hydrogen-bond donors (Lipinski definition) is 2. The Labute approximate surface area is 124 Å². The fourth-order valence-electron chi connectivity index (χ4n) is 1.89. The minimum Gasteiger partial charge on any atom is -0.392 e. The zero-order chi connectivity index (χ0) is 15.1. The molecule has 6 heteroatoms. The Hall–Kier alpha value is -1.76. The van der Waals surface area contributed by atoms with Crippen LogP contribution in [0.4, 0.5) is 0 Å². The number of aromatic nitrogens is 1. The molecule has 1 aromatic carbocycles. The summed E-state index contributed by atoms with van der Waals surface area (Å²) in [5, 5.41) is 8.95. The van der Waals surface area contributed by atoms with Gasteiger partial charge in [0.1, 0.15) is 0 Å². The summed E-state index contributed by atoms with van der Waals surface area (Å²) < 4.78 is 26.5. The highest BCUT2D eigenvalue weighted by Gasteiger charge is 2.11. The molecule has 0 unspecified atom stereocenters. The molecule has 112 valence electrons. The van der Waals surface area contributed by atoms with Gasteiger partial charge in [0.25, 0.3) is 0 Å². The molecule has 0 aliphatic heterocycles. The Bertz CT molecular complexity index is 655. The number of aliphatic hydroxyl groups excluding tert-OH is 1. The molecule has 2 N–H and O–H groups in total. The van der Waals surface area contributed by atoms with E-state index in [1.165, 1.54) is 0 Å². The molecule has 0 aliphatic carbocycles. The fraction of sp³-hybridized carbons (Fsp3) is 0.267. The van der Waals surface area contributed by atoms with Crippen molar-refractivity contribution in [3.8, 4) is 0 Å². The second-order valence-electron chi connectivity index (χ2n) is 4.70. The summed E-state index contributed by atoms with van der Waals surface area (Å²) in [6, 6.07) is 12.4. The SMILES string of the molecule is O=S(=O)(Cc1ccc(CO)cc1)NCCc1ccccn1. The molecule has 2 rings (SSSR count). The molecule has 0 amide bonds. The number of pyridine rings is 1. The first-order valence-electron chi connectivity index (χ1n) is 6.65. The average molecular weight is 306 g/mol. The van der Waals surface area contributed by atoms with E-state index in [0.29, 0.717) is 18.5 Å². The number of hydrogen-bond acceptors (Lipinski definition) is 4. The van der Waals surface area contributed by atoms with Gasteiger partial charge in [0.05, 0.1) is 12.4 Å². The Morgan fingerprint density at radius 2 is 1.76 bits per heavy atom. The molecular weight excluding hydrogens is 288 g/mol. The van der Waals surface area contributed by atoms with Crippen molar-refractivity contribution in [2.45, 2.75) is 18.8 Å². The van der Waals surface area contributed by atoms with Crippen LogP contribution >= 0.6 is 0 Å². The van der Waals surface area contributed by atoms with E-state index >= 15 is 0 Å². The zero-order valence-electron chi connectivity index (χ0n) is 11.6. The van der Waals surface area contributed by atoms with E-state index in [-0.39, 0.29) is 12.4 Å². The van der Waals surface area contributed by atoms with E-state index in [9.17, 15) is 8.42 Å². The maximum Gasteiger partial charge on any atom is 0.215 e. The van der Waals surface area contributed by atoms with E-state index in [2.05, 4.69) is 9.71 Å². The highest BCUT2D eigenvalue weighted by Crippen LogP contribution is 2.08. The Morgan fingerprint density at radius 3 is 2.38 bits per heavy atom. The molecule has 0 bridgehead atoms. The Kier molecular flexibility index (Phi) is 5.44. The maximum atomic E-state index is 12.0. The van der Waals surface area contributed by atoms with Gasteiger partial charge >= 0.3 is 0 Å². The van der Waals surface area contributed by atoms with Gasteiger partial charge in [-0.15, -0.1) is 0 Å². The largest absolute Gasteiger partial charge is 0.392 e. The number of nitrogens with zero attached hydrogens (tertiary/aromatic N) is 1. The smallest absolute Gasteiger partial charge is 0.215 e. The lowest BCUT2D eigenvalue weighted by molar-refractivity contribution is 0.282. The van der Waals surface area contributed by atoms with Crippen LogP contribution in [0.3, 0.4) is 0 Å². The fourth-order valence-corrected chi connectivity index (χ4v) is 3.04. The van der Waals surface area contributed by atoms with Gasteiger partial charge in [-0.3, -0.25) is 4.98 Å². The summed E-state index contributed by atoms with van der Waals surface area (Å²) in [5.41, 5.74) is 2.31. The third-order valence-corrected chi connectivity index (χ3v) is 4.35. The van der Waals surface area contributed by atoms with Crippen LogP contribution in [0.25, 0.3) is 0 Å². The van der Waals surface area contributed by atoms with Crippen molar-refractivity contribution >= 4 is 10.0 Å². The Morgan fingerprint density at radius 1 is 1.05 bits per heavy atom. The molecule has 0 radical (unpaired) electrons. The second-order valence-corrected chi connectivity index (χ2v) is 6.51. The number of rotatable bonds is 7. The van der Waals surface area contributed by atoms with Crippen LogP contribution < -0.4 is 4.72 Å². The van der Waals surface area contributed by atoms with Crippen LogP contribution in [-0.4, -0.2) is 25.1 Å². The molecule has 0 spiro atoms. The topological polar surface area (TPSA) is 79.3 Å². The molecule has 5 nitrogen and oxygen atoms in total. The molecule has 0 saturated carbocycles. The molecule has 0 saturated heterocycles. The normalized spacial score (nSPS) is 11.5. The summed E-state index contributed by atoms with van der Waals surface area (Å²) in [7, 11) is -3.36. The van der Waals surface area contributed by atoms with Crippen LogP contribution in [0.1, 0.15) is 16.8 Å². The summed E-state index contributed by atoms with van der Waals surface area (Å²) in [6.07, 6.45) is 2.25. The van der Waals surface area contributed by atoms with Gasteiger partial charge in [-0.25, -0.2) is 13.1 Å². The quantitative estimate of drug-likeness (QED) is 0.806. The van der Waals surface area contributed by atoms with Crippen molar-refractivity contribution < 1.29 is 13.5 Å². The third-order valence-electron chi connectivity index (χ3n) is 2.99. The summed E-state index contributed by atoms with van der Waals surface area (Å²) in [6.45, 7) is 0.281. The van der Waals surface area contributed by atoms with Gasteiger partial charge in [-0.1, -0.05) is 30.3 Å². The first-order valence-corrected chi connectivity index (χ1v) is 8.30. The molecule has 21 heavy (non-hydrogen) atoms. The first kappa shape index (κ1) is 15.6. The van der Waals surface area contributed by atoms with Crippen LogP contribution in [0.2, 0.25) is 0 Å². The molecular formula is C15H18N2O3S. The van der Waals surface area contributed by atoms with Gasteiger partial charge in [-0.05, 0) is 23.3 Å². The highest BCUT2D eigenvalue weighted by molar-refractivity contribution is 7.88. The number of nitrogens with one attached hydrogen (secondary N) is 1. The van der Waals surface area contributed by atoms with E-state index in [1.807, 2.05) is 18.2 Å². The number of aliphatic hydroxyl groups is 1. The van der Waals surface area contributed by atoms with Crippen molar-refractivity contribution in [2.75, 3.05) is 6.54 Å². The van der Waals surface area contributed by atoms with Crippen LogP contribution in [0.15, 0.2) is 48.7 Å². The second kappa shape index (κ2) is 7.31. The standard InChI is InChI=1S/C15H18N2O3S/c18-11-13-4-6-14(7-5-13)12-21(19,20)17-10-8-15-3-1-2-9-16-15/h1-7,9,17-18H,8,10-12H2. The number of sulfonamides is 1. The summed E-state index contributed by atoms with van der Waals surface area (Å²) in [4.78, 5) is 4.14. The minimum atomic E-state index is -3.36. The summed E-state index contributed by atoms with van der Waals surface area (Å²) >= 11 is 0. The zero-order valence-corrected chi connectivity index (χ0v) is 12.4. The van der Waals surface area contributed by atoms with Gasteiger partial charge in [-0.2, -0.15) is 0 Å². The van der Waals surface area contributed by atoms with Gasteiger partial charge in [0.2, 0.25) is 10.0 Å². The lowest BCUT2D eigenvalue weighted by Crippen LogP contribution is -2.27. The van der Waals surface area contributed by atoms with Gasteiger partial charge in [0.15, 0.2) is 0 Å². The molecule has 1 aromatic heterocycles. The highest BCUT2D eigenvalue weighted by atomic mass is 32.2. The van der Waals surface area contributed by atoms with Gasteiger partial charge < -0.3 is 5.11 Å². The average Bonchev–Trinajstić information content (AvgIpc) is 2.48. The predicted molar refractivity (Wildman–Crippen MR) is 80.9 cm³/mol. The maximum absolute atomic E-state index is 12.0. The van der Waals surface area contributed by atoms with Crippen molar-refractivity contribution in [1.82, 2.24) is 9.71 Å². The van der Waals surface area contributed by atoms with Crippen molar-refractivity contribution in [1.29, 1.82) is 0 Å². The van der Waals surface area contributed by atoms with Crippen LogP contribution in [-0.2, 0) is 28.8 Å². The minimum absolute atomic E-state index is 0.0463. The molecule has 2 aromatic rings. The molecule has 0 aliphatic rings. The van der Waals surface area contributed by atoms with E-state index in [1.54, 1.807) is 30.5 Å². The predicted octanol–water partition coefficient (Wildman–Crippen LogP) is 1.24. The van der Waals surface area contributed by atoms with Crippen molar-refractivity contribution in [3.63, 3.8) is 0 Å². The van der Waals surface area contributed by atoms with Crippen LogP contribution in [0.5, 0.6) is 0 Å². The summed E-state index contributed by atoms with van der Waals surface area (Å²) in [5.74, 6) is -0.0685. The molecule has 1 heterocycles. The molecule has 0 atom stereocenters. The van der Waals surface area contributed by atoms with Crippen LogP contribution in [0, 0.1) is 0 Å². The lowest BCUT2D eigenvalue weighted by atomic mass is 10.2. The molecule has 0 fully saturated rings. The monoisotopic (exact) mass is 306 g/mol. The Balaban J connectivity index is 1.86.